The summed E-state index contributed by atoms with van der Waals surface area (Å²) in [7, 11) is -15.8. The Hall–Kier alpha value is -11.3. The molecule has 10 rings (SSSR count). The maximum Gasteiger partial charge on any atom is 0.411 e. The van der Waals surface area contributed by atoms with Gasteiger partial charge >= 0.3 is 18.1 Å². The molecule has 0 unspecified atom stereocenters. The first-order valence-electron chi connectivity index (χ1n) is 31.9. The number of aromatic carboxylic acids is 1. The number of ether oxygens (including phenoxy) is 6. The van der Waals surface area contributed by atoms with Crippen molar-refractivity contribution in [2.45, 2.75) is 71.8 Å². The number of esters is 1. The van der Waals surface area contributed by atoms with Crippen molar-refractivity contribution in [3.63, 3.8) is 0 Å². The third-order valence-electron chi connectivity index (χ3n) is 14.5. The van der Waals surface area contributed by atoms with Crippen LogP contribution in [0.5, 0.6) is 46.0 Å². The smallest absolute Gasteiger partial charge is 0.411 e. The average molecular weight is 1590 g/mol. The van der Waals surface area contributed by atoms with E-state index in [1.54, 1.807) is 36.4 Å². The first kappa shape index (κ1) is 84.9. The van der Waals surface area contributed by atoms with Crippen molar-refractivity contribution in [1.29, 1.82) is 0 Å². The lowest BCUT2D eigenvalue weighted by Gasteiger charge is -2.18. The minimum absolute atomic E-state index is 0.0191. The van der Waals surface area contributed by atoms with E-state index in [0.29, 0.717) is 42.3 Å². The van der Waals surface area contributed by atoms with E-state index in [4.69, 9.17) is 55.1 Å². The summed E-state index contributed by atoms with van der Waals surface area (Å²) < 4.78 is 204. The maximum absolute atomic E-state index is 13.2. The zero-order valence-corrected chi connectivity index (χ0v) is 60.8. The molecule has 0 radical (unpaired) electrons. The predicted octanol–water partition coefficient (Wildman–Crippen LogP) is 13.0. The van der Waals surface area contributed by atoms with Crippen LogP contribution in [0.2, 0.25) is 0 Å². The van der Waals surface area contributed by atoms with Crippen molar-refractivity contribution in [2.75, 3.05) is 41.9 Å². The van der Waals surface area contributed by atoms with E-state index >= 15 is 0 Å². The Labute approximate surface area is 623 Å². The van der Waals surface area contributed by atoms with Crippen LogP contribution in [0.3, 0.4) is 0 Å². The molecule has 10 aromatic rings. The molecule has 0 amide bonds. The van der Waals surface area contributed by atoms with Crippen molar-refractivity contribution in [1.82, 2.24) is 0 Å². The molecule has 26 nitrogen and oxygen atoms in total. The number of nitrogen functional groups attached to an aromatic ring is 1. The minimum atomic E-state index is -4.48. The highest BCUT2D eigenvalue weighted by atomic mass is 32.2. The van der Waals surface area contributed by atoms with Gasteiger partial charge in [0.05, 0.1) is 54.2 Å². The van der Waals surface area contributed by atoms with E-state index in [-0.39, 0.29) is 84.7 Å². The van der Waals surface area contributed by atoms with Gasteiger partial charge in [-0.3, -0.25) is 0 Å². The summed E-state index contributed by atoms with van der Waals surface area (Å²) in [6.45, 7) is 0.946. The molecular weight excluding hydrogens is 1520 g/mol. The second-order valence-electron chi connectivity index (χ2n) is 23.0. The number of benzene rings is 10. The standard InChI is InChI=1S/C21H19FN2O5S.C20H19FN2O4S.C19H23F3N2O4S.C13H11FN2O5S/c1-28-21(25)15-11-18(24-13-14-5-3-2-4-6-14)20(19(12-15)30(23,26)27)29-17-9-7-16(22)8-10-17;21-16-6-8-17(9-7-16)27-20-18(23-12-14-4-2-1-3-5-14)10-15(13-24)11-19(20)28(22,25)26;1-2-3-9-24-16-10-14(12-27-13-19(20,21)22)11-17(29(23,25)26)18(16)28-15-7-5-4-6-8-15;14-8-1-3-9(4-2-8)21-12-10(15)5-7(13(17)18)6-11(12)22(16,19)20/h2-12,24H,13H2,1H3,(H2,23,26,27);1-11,23-24H,12-13H2,(H2,22,25,26);4-8,10-11,24H,2-3,9,12-13H2,1H3,(H2,23,25,26);1-6H,15H2,(H,17,18)(H2,16,19,20). The third-order valence-corrected chi connectivity index (χ3v) is 18.2. The van der Waals surface area contributed by atoms with Crippen LogP contribution >= 0.6 is 0 Å². The van der Waals surface area contributed by atoms with E-state index < -0.39 is 98.7 Å². The van der Waals surface area contributed by atoms with Crippen molar-refractivity contribution >= 4 is 74.8 Å². The Kier molecular flexibility index (Phi) is 30.0. The topological polar surface area (TPSA) is 433 Å². The normalized spacial score (nSPS) is 11.4. The van der Waals surface area contributed by atoms with Gasteiger partial charge in [0.2, 0.25) is 40.1 Å². The van der Waals surface area contributed by atoms with E-state index in [9.17, 15) is 74.7 Å². The van der Waals surface area contributed by atoms with E-state index in [1.165, 1.54) is 86.0 Å². The summed E-state index contributed by atoms with van der Waals surface area (Å²) in [6.07, 6.45) is -2.80. The number of primary sulfonamides is 4. The van der Waals surface area contributed by atoms with E-state index in [0.717, 1.165) is 60.4 Å². The van der Waals surface area contributed by atoms with Gasteiger partial charge in [-0.25, -0.2) is 77.0 Å². The van der Waals surface area contributed by atoms with Gasteiger partial charge in [0.15, 0.2) is 23.0 Å². The Bertz CT molecular complexity index is 5250. The number of carboxylic acid groups (broad SMARTS) is 1. The van der Waals surface area contributed by atoms with Gasteiger partial charge in [-0.1, -0.05) is 92.2 Å². The van der Waals surface area contributed by atoms with Crippen molar-refractivity contribution < 1.29 is 108 Å². The van der Waals surface area contributed by atoms with Crippen LogP contribution in [0, 0.1) is 17.5 Å². The first-order chi connectivity index (χ1) is 51.4. The number of hydrogen-bond donors (Lipinski definition) is 10. The Morgan fingerprint density at radius 1 is 0.450 bits per heavy atom. The SMILES string of the molecule is CCCCNc1cc(COCC(F)(F)F)cc(S(N)(=O)=O)c1Oc1ccccc1.COC(=O)c1cc(NCc2ccccc2)c(Oc2ccc(F)cc2)c(S(N)(=O)=O)c1.NS(=O)(=O)c1cc(CO)cc(NCc2ccccc2)c1Oc1ccc(F)cc1.Nc1cc(C(=O)O)cc(S(N)(=O)=O)c1Oc1ccc(F)cc1. The molecule has 0 fully saturated rings. The van der Waals surface area contributed by atoms with Crippen LogP contribution in [0.15, 0.2) is 232 Å². The predicted molar refractivity (Wildman–Crippen MR) is 392 cm³/mol. The number of methoxy groups -OCH3 is 1. The number of carbonyl (C=O) groups is 2. The van der Waals surface area contributed by atoms with Crippen LogP contribution in [0.4, 0.5) is 49.1 Å². The molecule has 0 aliphatic carbocycles. The highest BCUT2D eigenvalue weighted by molar-refractivity contribution is 7.90. The molecule has 15 N–H and O–H groups in total. The Morgan fingerprint density at radius 2 is 0.807 bits per heavy atom. The number of para-hydroxylation sites is 1. The molecule has 0 aromatic heterocycles. The fraction of sp³-hybridized carbons (Fsp3) is 0.151. The summed E-state index contributed by atoms with van der Waals surface area (Å²) >= 11 is 0. The number of nitrogens with one attached hydrogen (secondary N) is 3. The number of rotatable bonds is 28. The van der Waals surface area contributed by atoms with Crippen molar-refractivity contribution in [2.24, 2.45) is 20.6 Å². The van der Waals surface area contributed by atoms with Gasteiger partial charge in [-0.05, 0) is 162 Å². The van der Waals surface area contributed by atoms with Gasteiger partial charge in [-0.2, -0.15) is 13.2 Å². The molecule has 0 atom stereocenters. The zero-order valence-electron chi connectivity index (χ0n) is 57.6. The van der Waals surface area contributed by atoms with Gasteiger partial charge in [-0.15, -0.1) is 0 Å². The Morgan fingerprint density at radius 3 is 1.20 bits per heavy atom. The van der Waals surface area contributed by atoms with Crippen molar-refractivity contribution in [3.8, 4) is 46.0 Å². The molecule has 109 heavy (non-hydrogen) atoms. The molecule has 578 valence electrons. The number of unbranched alkanes of at least 4 members (excludes halogenated alkanes) is 1. The van der Waals surface area contributed by atoms with E-state index in [2.05, 4.69) is 20.7 Å². The third kappa shape index (κ3) is 26.5. The summed E-state index contributed by atoms with van der Waals surface area (Å²) in [4.78, 5) is 21.4. The fourth-order valence-corrected chi connectivity index (χ4v) is 12.3. The molecule has 0 saturated carbocycles. The zero-order chi connectivity index (χ0) is 79.9. The number of carbonyl (C=O) groups excluding carboxylic acids is 1. The number of aliphatic hydroxyl groups excluding tert-OH is 1. The number of nitrogens with two attached hydrogens (primary N) is 5. The lowest BCUT2D eigenvalue weighted by molar-refractivity contribution is -0.176. The molecule has 0 aliphatic rings. The summed E-state index contributed by atoms with van der Waals surface area (Å²) in [5, 5.41) is 48.8. The lowest BCUT2D eigenvalue weighted by Crippen LogP contribution is -2.18. The van der Waals surface area contributed by atoms with Crippen LogP contribution in [0.1, 0.15) is 62.7 Å². The summed E-state index contributed by atoms with van der Waals surface area (Å²) in [5.74, 6) is -3.09. The number of alkyl halides is 3. The second kappa shape index (κ2) is 38.5. The van der Waals surface area contributed by atoms with Crippen LogP contribution in [0.25, 0.3) is 0 Å². The number of aliphatic hydroxyl groups is 1. The number of hydrogen-bond acceptors (Lipinski definition) is 21. The van der Waals surface area contributed by atoms with Crippen molar-refractivity contribution in [3.05, 3.63) is 263 Å². The van der Waals surface area contributed by atoms with Crippen LogP contribution in [-0.2, 0) is 75.9 Å². The first-order valence-corrected chi connectivity index (χ1v) is 38.1. The molecule has 10 aromatic carbocycles. The molecule has 0 aliphatic heterocycles. The highest BCUT2D eigenvalue weighted by Gasteiger charge is 2.30. The molecular formula is C73H72F6N8O18S4. The summed E-state index contributed by atoms with van der Waals surface area (Å²) in [5.41, 5.74) is 8.33. The number of carboxylic acids is 1. The summed E-state index contributed by atoms with van der Waals surface area (Å²) in [6, 6.07) is 52.0. The quantitative estimate of drug-likeness (QED) is 0.00942. The molecule has 0 bridgehead atoms. The van der Waals surface area contributed by atoms with Crippen LogP contribution < -0.4 is 61.2 Å². The molecule has 0 heterocycles. The van der Waals surface area contributed by atoms with E-state index in [1.807, 2.05) is 67.6 Å². The van der Waals surface area contributed by atoms with Gasteiger partial charge < -0.3 is 60.3 Å². The van der Waals surface area contributed by atoms with Gasteiger partial charge in [0.1, 0.15) is 66.6 Å². The monoisotopic (exact) mass is 1590 g/mol. The maximum atomic E-state index is 13.2. The largest absolute Gasteiger partial charge is 0.478 e. The Balaban J connectivity index is 0.000000203. The molecule has 0 saturated heterocycles. The van der Waals surface area contributed by atoms with Gasteiger partial charge in [0, 0.05) is 19.6 Å². The lowest BCUT2D eigenvalue weighted by atomic mass is 10.1. The average Bonchev–Trinajstić information content (AvgIpc) is 0.794. The second-order valence-corrected chi connectivity index (χ2v) is 29.1. The molecule has 0 spiro atoms. The number of anilines is 4. The highest BCUT2D eigenvalue weighted by Crippen LogP contribution is 2.42. The number of halogens is 6. The minimum Gasteiger partial charge on any atom is -0.478 e. The fourth-order valence-electron chi connectivity index (χ4n) is 9.48. The molecule has 36 heteroatoms. The number of sulfonamides is 4. The van der Waals surface area contributed by atoms with Crippen LogP contribution in [-0.4, -0.2) is 82.3 Å². The van der Waals surface area contributed by atoms with Gasteiger partial charge in [0.25, 0.3) is 0 Å².